The minimum atomic E-state index is -0.696. The Morgan fingerprint density at radius 1 is 1.19 bits per heavy atom. The molecule has 0 saturated carbocycles. The molecule has 0 saturated heterocycles. The van der Waals surface area contributed by atoms with Crippen LogP contribution in [0.4, 0.5) is 0 Å². The molecule has 1 heterocycles. The highest BCUT2D eigenvalue weighted by atomic mass is 16.5. The van der Waals surface area contributed by atoms with Gasteiger partial charge in [-0.25, -0.2) is 0 Å². The molecule has 1 amide bonds. The molecule has 0 bridgehead atoms. The maximum absolute atomic E-state index is 13.2. The molecule has 1 aliphatic rings. The second-order valence-corrected chi connectivity index (χ2v) is 7.24. The Kier molecular flexibility index (Phi) is 7.62. The van der Waals surface area contributed by atoms with Crippen LogP contribution in [0.1, 0.15) is 23.6 Å². The number of aliphatic hydroxyl groups is 1. The molecule has 2 aromatic rings. The van der Waals surface area contributed by atoms with E-state index in [9.17, 15) is 14.7 Å². The first-order chi connectivity index (χ1) is 15.1. The quantitative estimate of drug-likeness (QED) is 0.559. The van der Waals surface area contributed by atoms with Crippen molar-refractivity contribution in [3.05, 3.63) is 89.7 Å². The fourth-order valence-electron chi connectivity index (χ4n) is 3.67. The molecule has 0 spiro atoms. The number of nitrogens with zero attached hydrogens (tertiary/aromatic N) is 1. The Morgan fingerprint density at radius 3 is 2.68 bits per heavy atom. The normalized spacial score (nSPS) is 16.0. The highest BCUT2D eigenvalue weighted by Gasteiger charge is 2.43. The third-order valence-electron chi connectivity index (χ3n) is 5.17. The molecule has 0 radical (unpaired) electrons. The number of rotatable bonds is 11. The van der Waals surface area contributed by atoms with Gasteiger partial charge < -0.3 is 19.5 Å². The molecule has 3 rings (SSSR count). The number of benzene rings is 2. The Morgan fingerprint density at radius 2 is 1.97 bits per heavy atom. The Labute approximate surface area is 182 Å². The summed E-state index contributed by atoms with van der Waals surface area (Å²) < 4.78 is 10.8. The first-order valence-corrected chi connectivity index (χ1v) is 10.2. The van der Waals surface area contributed by atoms with Gasteiger partial charge in [0.15, 0.2) is 11.5 Å². The third kappa shape index (κ3) is 5.22. The number of hydrogen-bond acceptors (Lipinski definition) is 5. The molecule has 0 aliphatic carbocycles. The number of hydrogen-bond donors (Lipinski definition) is 1. The summed E-state index contributed by atoms with van der Waals surface area (Å²) in [7, 11) is 1.54. The lowest BCUT2D eigenvalue weighted by Gasteiger charge is -2.27. The maximum atomic E-state index is 13.2. The predicted molar refractivity (Wildman–Crippen MR) is 118 cm³/mol. The van der Waals surface area contributed by atoms with Crippen molar-refractivity contribution in [1.82, 2.24) is 4.90 Å². The molecule has 1 N–H and O–H groups in total. The van der Waals surface area contributed by atoms with Crippen molar-refractivity contribution in [2.75, 3.05) is 26.9 Å². The molecule has 6 nitrogen and oxygen atoms in total. The van der Waals surface area contributed by atoms with E-state index >= 15 is 0 Å². The maximum Gasteiger partial charge on any atom is 0.290 e. The standard InChI is InChI=1S/C25H27NO5/c1-3-15-31-20-11-7-10-19(17-20)23-22(24(28)25(29)26(23)14-16-30-2)21(27)13-12-18-8-5-4-6-9-18/h3-11,17,23,28H,1,12-16H2,2H3. The van der Waals surface area contributed by atoms with Gasteiger partial charge in [-0.05, 0) is 29.7 Å². The summed E-state index contributed by atoms with van der Waals surface area (Å²) >= 11 is 0. The van der Waals surface area contributed by atoms with Gasteiger partial charge in [-0.3, -0.25) is 9.59 Å². The number of ketones is 1. The van der Waals surface area contributed by atoms with Crippen LogP contribution >= 0.6 is 0 Å². The van der Waals surface area contributed by atoms with Crippen molar-refractivity contribution in [2.45, 2.75) is 18.9 Å². The van der Waals surface area contributed by atoms with Crippen molar-refractivity contribution in [2.24, 2.45) is 0 Å². The van der Waals surface area contributed by atoms with Crippen LogP contribution in [0, 0.1) is 0 Å². The average Bonchev–Trinajstić information content (AvgIpc) is 3.05. The van der Waals surface area contributed by atoms with Gasteiger partial charge in [-0.2, -0.15) is 0 Å². The van der Waals surface area contributed by atoms with Crippen LogP contribution in [0.2, 0.25) is 0 Å². The number of carbonyl (C=O) groups is 2. The van der Waals surface area contributed by atoms with Crippen molar-refractivity contribution in [1.29, 1.82) is 0 Å². The van der Waals surface area contributed by atoms with Crippen LogP contribution in [0.15, 0.2) is 78.6 Å². The molecule has 162 valence electrons. The fourth-order valence-corrected chi connectivity index (χ4v) is 3.67. The second-order valence-electron chi connectivity index (χ2n) is 7.24. The van der Waals surface area contributed by atoms with Crippen molar-refractivity contribution < 1.29 is 24.2 Å². The van der Waals surface area contributed by atoms with E-state index in [2.05, 4.69) is 6.58 Å². The van der Waals surface area contributed by atoms with Gasteiger partial charge in [0, 0.05) is 20.1 Å². The van der Waals surface area contributed by atoms with Gasteiger partial charge in [0.2, 0.25) is 0 Å². The van der Waals surface area contributed by atoms with E-state index in [1.165, 1.54) is 4.90 Å². The number of carbonyl (C=O) groups excluding carboxylic acids is 2. The summed E-state index contributed by atoms with van der Waals surface area (Å²) in [6.45, 7) is 4.52. The number of amides is 1. The molecule has 0 fully saturated rings. The van der Waals surface area contributed by atoms with Gasteiger partial charge in [0.1, 0.15) is 12.4 Å². The Balaban J connectivity index is 1.91. The van der Waals surface area contributed by atoms with E-state index in [-0.39, 0.29) is 30.9 Å². The molecule has 31 heavy (non-hydrogen) atoms. The van der Waals surface area contributed by atoms with E-state index in [4.69, 9.17) is 9.47 Å². The average molecular weight is 421 g/mol. The monoisotopic (exact) mass is 421 g/mol. The first kappa shape index (κ1) is 22.3. The number of ether oxygens (including phenoxy) is 2. The zero-order valence-electron chi connectivity index (χ0n) is 17.6. The van der Waals surface area contributed by atoms with Crippen LogP contribution in [0.25, 0.3) is 0 Å². The largest absolute Gasteiger partial charge is 0.503 e. The minimum absolute atomic E-state index is 0.123. The van der Waals surface area contributed by atoms with Crippen LogP contribution < -0.4 is 4.74 Å². The lowest BCUT2D eigenvalue weighted by atomic mass is 9.93. The van der Waals surface area contributed by atoms with E-state index in [0.717, 1.165) is 5.56 Å². The highest BCUT2D eigenvalue weighted by Crippen LogP contribution is 2.39. The minimum Gasteiger partial charge on any atom is -0.503 e. The van der Waals surface area contributed by atoms with Gasteiger partial charge in [0.25, 0.3) is 5.91 Å². The van der Waals surface area contributed by atoms with Crippen LogP contribution in [0.3, 0.4) is 0 Å². The number of methoxy groups -OCH3 is 1. The van der Waals surface area contributed by atoms with E-state index < -0.39 is 17.7 Å². The molecule has 1 aliphatic heterocycles. The van der Waals surface area contributed by atoms with Gasteiger partial charge in [-0.15, -0.1) is 0 Å². The van der Waals surface area contributed by atoms with E-state index in [1.54, 1.807) is 31.4 Å². The van der Waals surface area contributed by atoms with E-state index in [0.29, 0.717) is 24.3 Å². The van der Waals surface area contributed by atoms with Gasteiger partial charge >= 0.3 is 0 Å². The summed E-state index contributed by atoms with van der Waals surface area (Å²) in [5.41, 5.74) is 1.84. The van der Waals surface area contributed by atoms with Crippen LogP contribution in [0.5, 0.6) is 5.75 Å². The summed E-state index contributed by atoms with van der Waals surface area (Å²) in [4.78, 5) is 27.4. The lowest BCUT2D eigenvalue weighted by Crippen LogP contribution is -2.34. The topological polar surface area (TPSA) is 76.1 Å². The first-order valence-electron chi connectivity index (χ1n) is 10.2. The Bertz CT molecular complexity index is 967. The number of Topliss-reactive ketones (excluding diaryl/α,β-unsaturated/α-hetero) is 1. The Hall–Kier alpha value is -3.38. The molecule has 1 unspecified atom stereocenters. The molecule has 1 atom stereocenters. The number of aryl methyl sites for hydroxylation is 1. The predicted octanol–water partition coefficient (Wildman–Crippen LogP) is 3.80. The molecule has 2 aromatic carbocycles. The van der Waals surface area contributed by atoms with Crippen LogP contribution in [-0.4, -0.2) is 48.6 Å². The summed E-state index contributed by atoms with van der Waals surface area (Å²) in [6.07, 6.45) is 2.36. The van der Waals surface area contributed by atoms with Crippen molar-refractivity contribution in [3.8, 4) is 5.75 Å². The zero-order chi connectivity index (χ0) is 22.2. The van der Waals surface area contributed by atoms with Crippen LogP contribution in [-0.2, 0) is 20.7 Å². The van der Waals surface area contributed by atoms with Crippen molar-refractivity contribution >= 4 is 11.7 Å². The van der Waals surface area contributed by atoms with Gasteiger partial charge in [-0.1, -0.05) is 55.1 Å². The SMILES string of the molecule is C=CCOc1cccc(C2C(C(=O)CCc3ccccc3)=C(O)C(=O)N2CCOC)c1. The van der Waals surface area contributed by atoms with E-state index in [1.807, 2.05) is 36.4 Å². The molecule has 0 aromatic heterocycles. The summed E-state index contributed by atoms with van der Waals surface area (Å²) in [6, 6.07) is 16.1. The van der Waals surface area contributed by atoms with Crippen molar-refractivity contribution in [3.63, 3.8) is 0 Å². The molecular weight excluding hydrogens is 394 g/mol. The second kappa shape index (κ2) is 10.6. The lowest BCUT2D eigenvalue weighted by molar-refractivity contribution is -0.130. The van der Waals surface area contributed by atoms with Gasteiger partial charge in [0.05, 0.1) is 18.2 Å². The molecular formula is C25H27NO5. The molecule has 6 heteroatoms. The third-order valence-corrected chi connectivity index (χ3v) is 5.17. The zero-order valence-corrected chi connectivity index (χ0v) is 17.6. The highest BCUT2D eigenvalue weighted by molar-refractivity contribution is 6.09. The smallest absolute Gasteiger partial charge is 0.290 e. The number of aliphatic hydroxyl groups excluding tert-OH is 1. The summed E-state index contributed by atoms with van der Waals surface area (Å²) in [5.74, 6) is -0.713. The fraction of sp³-hybridized carbons (Fsp3) is 0.280. The summed E-state index contributed by atoms with van der Waals surface area (Å²) in [5, 5.41) is 10.6.